The molecule has 0 fully saturated rings. The van der Waals surface area contributed by atoms with E-state index in [-0.39, 0.29) is 18.1 Å². The maximum absolute atomic E-state index is 13.5. The van der Waals surface area contributed by atoms with Crippen LogP contribution in [0.4, 0.5) is 15.9 Å². The van der Waals surface area contributed by atoms with E-state index in [4.69, 9.17) is 5.11 Å². The number of nitrogens with one attached hydrogen (secondary N) is 1. The number of fused-ring (bicyclic) bond motifs is 1. The van der Waals surface area contributed by atoms with E-state index in [1.807, 2.05) is 0 Å². The normalized spacial score (nSPS) is 12.1. The highest BCUT2D eigenvalue weighted by Crippen LogP contribution is 2.26. The molecule has 134 valence electrons. The SMILES string of the molecule is CC(CC(=O)O)Nc1nc(-c2cnc3ccc(F)cn23)ncc1[N+](=O)[O-]. The number of anilines is 1. The number of halogens is 1. The average Bonchev–Trinajstić information content (AvgIpc) is 2.96. The quantitative estimate of drug-likeness (QED) is 0.504. The number of aliphatic carboxylic acids is 1. The Bertz CT molecular complexity index is 1000. The molecule has 11 heteroatoms. The third-order valence-corrected chi connectivity index (χ3v) is 3.53. The second kappa shape index (κ2) is 6.70. The van der Waals surface area contributed by atoms with E-state index in [2.05, 4.69) is 20.3 Å². The largest absolute Gasteiger partial charge is 0.481 e. The van der Waals surface area contributed by atoms with Gasteiger partial charge in [-0.05, 0) is 19.1 Å². The molecule has 0 saturated carbocycles. The van der Waals surface area contributed by atoms with E-state index < -0.39 is 28.4 Å². The predicted octanol–water partition coefficient (Wildman–Crippen LogP) is 2.11. The van der Waals surface area contributed by atoms with Gasteiger partial charge in [0.15, 0.2) is 5.82 Å². The molecule has 0 aromatic carbocycles. The first-order chi connectivity index (χ1) is 12.3. The van der Waals surface area contributed by atoms with Gasteiger partial charge in [-0.3, -0.25) is 19.3 Å². The van der Waals surface area contributed by atoms with Crippen LogP contribution in [-0.2, 0) is 4.79 Å². The topological polar surface area (TPSA) is 136 Å². The van der Waals surface area contributed by atoms with Crippen LogP contribution in [0.15, 0.2) is 30.7 Å². The van der Waals surface area contributed by atoms with E-state index in [0.29, 0.717) is 11.3 Å². The molecule has 0 saturated heterocycles. The van der Waals surface area contributed by atoms with Crippen LogP contribution in [0.25, 0.3) is 17.2 Å². The van der Waals surface area contributed by atoms with Crippen LogP contribution in [0.5, 0.6) is 0 Å². The van der Waals surface area contributed by atoms with Crippen LogP contribution < -0.4 is 5.32 Å². The van der Waals surface area contributed by atoms with Gasteiger partial charge in [-0.2, -0.15) is 0 Å². The Kier molecular flexibility index (Phi) is 4.43. The molecule has 0 bridgehead atoms. The molecule has 0 radical (unpaired) electrons. The highest BCUT2D eigenvalue weighted by Gasteiger charge is 2.21. The molecule has 10 nitrogen and oxygen atoms in total. The van der Waals surface area contributed by atoms with Crippen LogP contribution in [0.3, 0.4) is 0 Å². The lowest BCUT2D eigenvalue weighted by atomic mass is 10.2. The zero-order valence-corrected chi connectivity index (χ0v) is 13.5. The minimum atomic E-state index is -1.06. The zero-order chi connectivity index (χ0) is 18.8. The minimum absolute atomic E-state index is 0.0822. The van der Waals surface area contributed by atoms with Gasteiger partial charge < -0.3 is 10.4 Å². The summed E-state index contributed by atoms with van der Waals surface area (Å²) < 4.78 is 14.9. The van der Waals surface area contributed by atoms with Crippen LogP contribution in [0, 0.1) is 15.9 Å². The summed E-state index contributed by atoms with van der Waals surface area (Å²) in [6.45, 7) is 1.56. The molecule has 0 spiro atoms. The lowest BCUT2D eigenvalue weighted by molar-refractivity contribution is -0.384. The molecule has 26 heavy (non-hydrogen) atoms. The number of hydrogen-bond donors (Lipinski definition) is 2. The summed E-state index contributed by atoms with van der Waals surface area (Å²) in [5.41, 5.74) is 0.395. The zero-order valence-electron chi connectivity index (χ0n) is 13.5. The molecule has 1 unspecified atom stereocenters. The van der Waals surface area contributed by atoms with Crippen molar-refractivity contribution in [1.82, 2.24) is 19.4 Å². The van der Waals surface area contributed by atoms with E-state index in [0.717, 1.165) is 6.20 Å². The standard InChI is InChI=1S/C15H13FN6O4/c1-8(4-13(23)24)19-15-11(22(25)26)6-18-14(20-15)10-5-17-12-3-2-9(16)7-21(10)12/h2-3,5-8H,4H2,1H3,(H,23,24)(H,18,19,20). The number of hydrogen-bond acceptors (Lipinski definition) is 7. The molecule has 0 amide bonds. The Morgan fingerprint density at radius 3 is 2.88 bits per heavy atom. The van der Waals surface area contributed by atoms with Crippen molar-refractivity contribution in [1.29, 1.82) is 0 Å². The molecule has 0 aliphatic rings. The maximum atomic E-state index is 13.5. The summed E-state index contributed by atoms with van der Waals surface area (Å²) in [6, 6.07) is 2.12. The number of carboxylic acids is 1. The van der Waals surface area contributed by atoms with Crippen LogP contribution >= 0.6 is 0 Å². The lowest BCUT2D eigenvalue weighted by Crippen LogP contribution is -2.21. The van der Waals surface area contributed by atoms with Gasteiger partial charge in [-0.25, -0.2) is 19.3 Å². The number of imidazole rings is 1. The first kappa shape index (κ1) is 17.2. The molecule has 3 aromatic heterocycles. The third-order valence-electron chi connectivity index (χ3n) is 3.53. The van der Waals surface area contributed by atoms with Crippen molar-refractivity contribution >= 4 is 23.1 Å². The molecule has 2 N–H and O–H groups in total. The number of nitro groups is 1. The number of pyridine rings is 1. The summed E-state index contributed by atoms with van der Waals surface area (Å²) in [6.07, 6.45) is 3.37. The highest BCUT2D eigenvalue weighted by molar-refractivity contribution is 5.69. The molecule has 1 atom stereocenters. The molecule has 3 rings (SSSR count). The van der Waals surface area contributed by atoms with Crippen molar-refractivity contribution in [2.45, 2.75) is 19.4 Å². The van der Waals surface area contributed by atoms with Crippen molar-refractivity contribution in [3.05, 3.63) is 46.7 Å². The van der Waals surface area contributed by atoms with Gasteiger partial charge in [0.2, 0.25) is 5.82 Å². The van der Waals surface area contributed by atoms with E-state index in [1.165, 1.54) is 28.9 Å². The monoisotopic (exact) mass is 360 g/mol. The summed E-state index contributed by atoms with van der Waals surface area (Å²) in [5, 5.41) is 22.7. The van der Waals surface area contributed by atoms with Crippen molar-refractivity contribution in [3.8, 4) is 11.5 Å². The Morgan fingerprint density at radius 2 is 2.19 bits per heavy atom. The van der Waals surface area contributed by atoms with Crippen molar-refractivity contribution in [2.75, 3.05) is 5.32 Å². The number of aromatic nitrogens is 4. The average molecular weight is 360 g/mol. The Hall–Kier alpha value is -3.63. The smallest absolute Gasteiger partial charge is 0.329 e. The van der Waals surface area contributed by atoms with Gasteiger partial charge in [-0.1, -0.05) is 0 Å². The van der Waals surface area contributed by atoms with Crippen molar-refractivity contribution < 1.29 is 19.2 Å². The Labute approximate surface area is 145 Å². The summed E-state index contributed by atoms with van der Waals surface area (Å²) in [7, 11) is 0. The van der Waals surface area contributed by atoms with Gasteiger partial charge >= 0.3 is 11.7 Å². The number of carboxylic acid groups (broad SMARTS) is 1. The van der Waals surface area contributed by atoms with Crippen LogP contribution in [0.2, 0.25) is 0 Å². The van der Waals surface area contributed by atoms with Gasteiger partial charge in [0.25, 0.3) is 0 Å². The van der Waals surface area contributed by atoms with Gasteiger partial charge in [0, 0.05) is 12.2 Å². The number of carbonyl (C=O) groups is 1. The van der Waals surface area contributed by atoms with Gasteiger partial charge in [0.05, 0.1) is 17.5 Å². The number of rotatable bonds is 6. The second-order valence-corrected chi connectivity index (χ2v) is 5.55. The van der Waals surface area contributed by atoms with Gasteiger partial charge in [-0.15, -0.1) is 0 Å². The van der Waals surface area contributed by atoms with E-state index in [9.17, 15) is 19.3 Å². The maximum Gasteiger partial charge on any atom is 0.329 e. The fourth-order valence-corrected chi connectivity index (χ4v) is 2.41. The Morgan fingerprint density at radius 1 is 1.42 bits per heavy atom. The third kappa shape index (κ3) is 3.41. The highest BCUT2D eigenvalue weighted by atomic mass is 19.1. The minimum Gasteiger partial charge on any atom is -0.481 e. The van der Waals surface area contributed by atoms with Crippen LogP contribution in [-0.4, -0.2) is 41.4 Å². The lowest BCUT2D eigenvalue weighted by Gasteiger charge is -2.12. The first-order valence-corrected chi connectivity index (χ1v) is 7.48. The van der Waals surface area contributed by atoms with Crippen molar-refractivity contribution in [2.24, 2.45) is 0 Å². The van der Waals surface area contributed by atoms with E-state index in [1.54, 1.807) is 6.92 Å². The van der Waals surface area contributed by atoms with Gasteiger partial charge in [0.1, 0.15) is 23.4 Å². The summed E-state index contributed by atoms with van der Waals surface area (Å²) >= 11 is 0. The fraction of sp³-hybridized carbons (Fsp3) is 0.200. The molecular formula is C15H13FN6O4. The summed E-state index contributed by atoms with van der Waals surface area (Å²) in [4.78, 5) is 33.5. The second-order valence-electron chi connectivity index (χ2n) is 5.55. The molecule has 3 heterocycles. The van der Waals surface area contributed by atoms with Crippen molar-refractivity contribution in [3.63, 3.8) is 0 Å². The molecule has 0 aliphatic carbocycles. The molecule has 3 aromatic rings. The first-order valence-electron chi connectivity index (χ1n) is 7.48. The molecular weight excluding hydrogens is 347 g/mol. The Balaban J connectivity index is 2.05. The summed E-state index contributed by atoms with van der Waals surface area (Å²) in [5.74, 6) is -1.59. The fourth-order valence-electron chi connectivity index (χ4n) is 2.41. The number of nitrogens with zero attached hydrogens (tertiary/aromatic N) is 5. The molecule has 0 aliphatic heterocycles. The predicted molar refractivity (Wildman–Crippen MR) is 88.2 cm³/mol. The van der Waals surface area contributed by atoms with E-state index >= 15 is 0 Å². The van der Waals surface area contributed by atoms with Crippen LogP contribution in [0.1, 0.15) is 13.3 Å².